The number of carboxylic acids is 1. The van der Waals surface area contributed by atoms with Crippen LogP contribution in [-0.2, 0) is 13.0 Å². The number of nitrogens with zero attached hydrogens (tertiary/aromatic N) is 4. The van der Waals surface area contributed by atoms with Crippen molar-refractivity contribution in [3.8, 4) is 11.3 Å². The zero-order valence-electron chi connectivity index (χ0n) is 19.8. The summed E-state index contributed by atoms with van der Waals surface area (Å²) in [6.45, 7) is 6.81. The average molecular weight is 458 g/mol. The minimum atomic E-state index is -1.21. The number of pyridine rings is 2. The number of hydrogen-bond acceptors (Lipinski definition) is 5. The maximum Gasteiger partial charge on any atom is 1.00 e. The van der Waals surface area contributed by atoms with E-state index < -0.39 is 5.97 Å². The predicted octanol–water partition coefficient (Wildman–Crippen LogP) is 1.24. The molecule has 0 fully saturated rings. The van der Waals surface area contributed by atoms with Crippen LogP contribution in [0.25, 0.3) is 33.3 Å². The van der Waals surface area contributed by atoms with Crippen molar-refractivity contribution in [2.45, 2.75) is 33.7 Å². The van der Waals surface area contributed by atoms with Crippen molar-refractivity contribution in [3.05, 3.63) is 88.9 Å². The number of benzene rings is 2. The van der Waals surface area contributed by atoms with Gasteiger partial charge in [-0.1, -0.05) is 49.4 Å². The first-order valence-electron chi connectivity index (χ1n) is 11.0. The van der Waals surface area contributed by atoms with Gasteiger partial charge in [0.05, 0.1) is 23.7 Å². The first kappa shape index (κ1) is 24.1. The van der Waals surface area contributed by atoms with Gasteiger partial charge in [-0.15, -0.1) is 0 Å². The van der Waals surface area contributed by atoms with E-state index in [0.717, 1.165) is 51.1 Å². The molecule has 5 rings (SSSR count). The monoisotopic (exact) mass is 458 g/mol. The van der Waals surface area contributed by atoms with Gasteiger partial charge in [0.1, 0.15) is 11.3 Å². The quantitative estimate of drug-likeness (QED) is 0.370. The summed E-state index contributed by atoms with van der Waals surface area (Å²) in [5.74, 6) is -0.214. The molecule has 7 heteroatoms. The normalized spacial score (nSPS) is 11.0. The maximum atomic E-state index is 11.6. The van der Waals surface area contributed by atoms with Gasteiger partial charge >= 0.3 is 29.6 Å². The molecule has 0 saturated heterocycles. The Morgan fingerprint density at radius 3 is 2.53 bits per heavy atom. The Morgan fingerprint density at radius 2 is 1.76 bits per heavy atom. The Labute approximate surface area is 220 Å². The van der Waals surface area contributed by atoms with E-state index in [0.29, 0.717) is 17.8 Å². The van der Waals surface area contributed by atoms with Crippen molar-refractivity contribution in [3.63, 3.8) is 0 Å². The molecular formula is C27H23N4NaO2. The zero-order chi connectivity index (χ0) is 23.1. The molecule has 3 heterocycles. The number of carbonyl (C=O) groups is 1. The van der Waals surface area contributed by atoms with Gasteiger partial charge in [0.15, 0.2) is 5.65 Å². The Balaban J connectivity index is 0.00000274. The standard InChI is InChI=1S/C27H24N4O2.Na/c1-4-24-30-25-16(2)14-17(3)28-26(25)31(24)15-18-8-7-11-22-19(18)12-13-23(29-22)20-9-5-6-10-21(20)27(32)33;/h5-14H,4,15H2,1-3H3,(H,32,33);/q;+1/p-1. The molecule has 0 amide bonds. The van der Waals surface area contributed by atoms with Crippen LogP contribution >= 0.6 is 0 Å². The van der Waals surface area contributed by atoms with E-state index in [-0.39, 0.29) is 35.1 Å². The van der Waals surface area contributed by atoms with Crippen LogP contribution in [-0.4, -0.2) is 25.5 Å². The number of aromatic carboxylic acids is 1. The van der Waals surface area contributed by atoms with Gasteiger partial charge < -0.3 is 14.5 Å². The zero-order valence-corrected chi connectivity index (χ0v) is 21.8. The van der Waals surface area contributed by atoms with Gasteiger partial charge in [-0.3, -0.25) is 0 Å². The molecule has 6 nitrogen and oxygen atoms in total. The largest absolute Gasteiger partial charge is 1.00 e. The number of imidazole rings is 1. The molecule has 0 unspecified atom stereocenters. The maximum absolute atomic E-state index is 11.6. The van der Waals surface area contributed by atoms with Crippen LogP contribution in [0.1, 0.15) is 39.9 Å². The van der Waals surface area contributed by atoms with E-state index in [1.165, 1.54) is 0 Å². The Kier molecular flexibility index (Phi) is 6.84. The smallest absolute Gasteiger partial charge is 0.545 e. The molecule has 0 saturated carbocycles. The number of aryl methyl sites for hydroxylation is 3. The second kappa shape index (κ2) is 9.66. The topological polar surface area (TPSA) is 83.7 Å². The molecule has 0 N–H and O–H groups in total. The third-order valence-electron chi connectivity index (χ3n) is 5.99. The van der Waals surface area contributed by atoms with Crippen molar-refractivity contribution in [1.82, 2.24) is 19.5 Å². The number of carbonyl (C=O) groups excluding carboxylic acids is 1. The van der Waals surface area contributed by atoms with Crippen molar-refractivity contribution < 1.29 is 39.5 Å². The number of carboxylic acid groups (broad SMARTS) is 1. The van der Waals surface area contributed by atoms with Crippen LogP contribution in [0.3, 0.4) is 0 Å². The fourth-order valence-electron chi connectivity index (χ4n) is 4.45. The summed E-state index contributed by atoms with van der Waals surface area (Å²) in [6, 6.07) is 18.7. The molecule has 34 heavy (non-hydrogen) atoms. The van der Waals surface area contributed by atoms with E-state index in [9.17, 15) is 9.90 Å². The summed E-state index contributed by atoms with van der Waals surface area (Å²) in [4.78, 5) is 26.0. The van der Waals surface area contributed by atoms with Crippen LogP contribution in [0.2, 0.25) is 0 Å². The number of rotatable bonds is 5. The minimum absolute atomic E-state index is 0. The van der Waals surface area contributed by atoms with Crippen molar-refractivity contribution in [1.29, 1.82) is 0 Å². The molecule has 5 aromatic rings. The first-order chi connectivity index (χ1) is 16.0. The summed E-state index contributed by atoms with van der Waals surface area (Å²) in [5.41, 5.74) is 7.14. The summed E-state index contributed by atoms with van der Waals surface area (Å²) in [6.07, 6.45) is 0.808. The molecular weight excluding hydrogens is 435 g/mol. The van der Waals surface area contributed by atoms with Gasteiger partial charge in [0, 0.05) is 28.6 Å². The molecule has 0 atom stereocenters. The Bertz CT molecular complexity index is 1540. The van der Waals surface area contributed by atoms with E-state index in [1.807, 2.05) is 31.2 Å². The number of fused-ring (bicyclic) bond motifs is 2. The SMILES string of the molecule is CCc1nc2c(C)cc(C)nc2n1Cc1cccc2nc(-c3ccccc3C(=O)[O-])ccc12.[Na+]. The number of aromatic nitrogens is 4. The van der Waals surface area contributed by atoms with Crippen LogP contribution < -0.4 is 34.7 Å². The molecule has 0 aliphatic heterocycles. The molecule has 0 spiro atoms. The van der Waals surface area contributed by atoms with Crippen LogP contribution in [0.15, 0.2) is 60.7 Å². The van der Waals surface area contributed by atoms with Crippen LogP contribution in [0.5, 0.6) is 0 Å². The molecule has 2 aromatic carbocycles. The fourth-order valence-corrected chi connectivity index (χ4v) is 4.45. The molecule has 3 aromatic heterocycles. The average Bonchev–Trinajstić information content (AvgIpc) is 3.16. The summed E-state index contributed by atoms with van der Waals surface area (Å²) in [5, 5.41) is 12.6. The van der Waals surface area contributed by atoms with Gasteiger partial charge in [-0.25, -0.2) is 15.0 Å². The van der Waals surface area contributed by atoms with E-state index >= 15 is 0 Å². The van der Waals surface area contributed by atoms with Gasteiger partial charge in [-0.2, -0.15) is 0 Å². The van der Waals surface area contributed by atoms with Crippen LogP contribution in [0, 0.1) is 13.8 Å². The van der Waals surface area contributed by atoms with Gasteiger partial charge in [0.2, 0.25) is 0 Å². The summed E-state index contributed by atoms with van der Waals surface area (Å²) in [7, 11) is 0. The second-order valence-corrected chi connectivity index (χ2v) is 8.23. The van der Waals surface area contributed by atoms with E-state index in [4.69, 9.17) is 15.0 Å². The van der Waals surface area contributed by atoms with E-state index in [1.54, 1.807) is 24.3 Å². The minimum Gasteiger partial charge on any atom is -0.545 e. The third-order valence-corrected chi connectivity index (χ3v) is 5.99. The van der Waals surface area contributed by atoms with Crippen molar-refractivity contribution >= 4 is 28.0 Å². The number of hydrogen-bond donors (Lipinski definition) is 0. The fraction of sp³-hybridized carbons (Fsp3) is 0.185. The first-order valence-corrected chi connectivity index (χ1v) is 11.0. The predicted molar refractivity (Wildman–Crippen MR) is 127 cm³/mol. The Hall–Kier alpha value is -3.06. The third kappa shape index (κ3) is 4.25. The van der Waals surface area contributed by atoms with Crippen molar-refractivity contribution in [2.24, 2.45) is 0 Å². The van der Waals surface area contributed by atoms with E-state index in [2.05, 4.69) is 30.5 Å². The molecule has 0 aliphatic rings. The van der Waals surface area contributed by atoms with Gasteiger partial charge in [0.25, 0.3) is 0 Å². The molecule has 0 radical (unpaired) electrons. The van der Waals surface area contributed by atoms with Crippen LogP contribution in [0.4, 0.5) is 0 Å². The second-order valence-electron chi connectivity index (χ2n) is 8.23. The molecule has 0 bridgehead atoms. The summed E-state index contributed by atoms with van der Waals surface area (Å²) < 4.78 is 2.18. The van der Waals surface area contributed by atoms with Crippen molar-refractivity contribution in [2.75, 3.05) is 0 Å². The summed E-state index contributed by atoms with van der Waals surface area (Å²) >= 11 is 0. The van der Waals surface area contributed by atoms with Gasteiger partial charge in [-0.05, 0) is 43.2 Å². The molecule has 0 aliphatic carbocycles. The molecule has 164 valence electrons. The Morgan fingerprint density at radius 1 is 0.971 bits per heavy atom.